The molecule has 2 aromatic carbocycles. The zero-order valence-electron chi connectivity index (χ0n) is 14.5. The Kier molecular flexibility index (Phi) is 4.52. The molecule has 1 aliphatic heterocycles. The monoisotopic (exact) mass is 377 g/mol. The van der Waals surface area contributed by atoms with Gasteiger partial charge in [-0.05, 0) is 42.0 Å². The molecule has 2 N–H and O–H groups in total. The Hall–Kier alpha value is -3.31. The van der Waals surface area contributed by atoms with Crippen LogP contribution < -0.4 is 15.4 Å². The van der Waals surface area contributed by atoms with E-state index in [0.29, 0.717) is 27.7 Å². The highest BCUT2D eigenvalue weighted by molar-refractivity contribution is 6.31. The molecule has 0 bridgehead atoms. The molecule has 0 spiro atoms. The second kappa shape index (κ2) is 7.13. The molecular weight excluding hydrogens is 362 g/mol. The lowest BCUT2D eigenvalue weighted by Gasteiger charge is -2.13. The Morgan fingerprint density at radius 2 is 1.74 bits per heavy atom. The van der Waals surface area contributed by atoms with Gasteiger partial charge in [0.1, 0.15) is 5.75 Å². The number of anilines is 3. The van der Waals surface area contributed by atoms with Gasteiger partial charge in [-0.15, -0.1) is 0 Å². The van der Waals surface area contributed by atoms with Crippen molar-refractivity contribution in [2.75, 3.05) is 17.7 Å². The molecule has 27 heavy (non-hydrogen) atoms. The molecule has 134 valence electrons. The number of carbonyl (C=O) groups excluding carboxylic acids is 1. The van der Waals surface area contributed by atoms with Crippen LogP contribution >= 0.6 is 11.6 Å². The van der Waals surface area contributed by atoms with Gasteiger partial charge in [0.05, 0.1) is 29.7 Å². The third-order valence-electron chi connectivity index (χ3n) is 4.28. The van der Waals surface area contributed by atoms with Crippen LogP contribution in [0.25, 0.3) is 12.2 Å². The van der Waals surface area contributed by atoms with Crippen molar-refractivity contribution >= 4 is 46.7 Å². The van der Waals surface area contributed by atoms with Crippen LogP contribution in [0, 0.1) is 0 Å². The maximum absolute atomic E-state index is 12.5. The van der Waals surface area contributed by atoms with Crippen LogP contribution in [-0.2, 0) is 0 Å². The van der Waals surface area contributed by atoms with E-state index in [9.17, 15) is 4.79 Å². The number of ether oxygens (including phenoxy) is 1. The quantitative estimate of drug-likeness (QED) is 0.656. The van der Waals surface area contributed by atoms with Gasteiger partial charge in [-0.25, -0.2) is 0 Å². The van der Waals surface area contributed by atoms with Gasteiger partial charge in [-0.2, -0.15) is 0 Å². The molecule has 0 fully saturated rings. The highest BCUT2D eigenvalue weighted by atomic mass is 35.5. The van der Waals surface area contributed by atoms with Gasteiger partial charge in [0.25, 0.3) is 5.91 Å². The number of hydrogen-bond acceptors (Lipinski definition) is 4. The first-order valence-corrected chi connectivity index (χ1v) is 8.70. The van der Waals surface area contributed by atoms with E-state index in [4.69, 9.17) is 16.3 Å². The first kappa shape index (κ1) is 17.1. The van der Waals surface area contributed by atoms with Crippen molar-refractivity contribution in [2.45, 2.75) is 0 Å². The molecule has 1 aromatic heterocycles. The summed E-state index contributed by atoms with van der Waals surface area (Å²) in [5.41, 5.74) is 4.50. The Labute approximate surface area is 161 Å². The Morgan fingerprint density at radius 1 is 0.963 bits per heavy atom. The topological polar surface area (TPSA) is 63.2 Å². The minimum Gasteiger partial charge on any atom is -0.496 e. The van der Waals surface area contributed by atoms with Crippen molar-refractivity contribution in [3.8, 4) is 5.75 Å². The SMILES string of the molecule is COc1cc2c(cc1/C=C/c1ccncc1)Nc1cc(Cl)ccc1C(=O)N2. The van der Waals surface area contributed by atoms with E-state index in [1.54, 1.807) is 43.8 Å². The van der Waals surface area contributed by atoms with Crippen LogP contribution in [0.3, 0.4) is 0 Å². The zero-order chi connectivity index (χ0) is 18.8. The number of nitrogens with one attached hydrogen (secondary N) is 2. The number of amides is 1. The van der Waals surface area contributed by atoms with Crippen LogP contribution in [0.2, 0.25) is 5.02 Å². The van der Waals surface area contributed by atoms with Gasteiger partial charge in [-0.1, -0.05) is 23.8 Å². The second-order valence-electron chi connectivity index (χ2n) is 6.02. The van der Waals surface area contributed by atoms with Crippen molar-refractivity contribution in [1.82, 2.24) is 4.98 Å². The molecule has 1 amide bonds. The lowest BCUT2D eigenvalue weighted by atomic mass is 10.1. The molecule has 5 nitrogen and oxygen atoms in total. The average Bonchev–Trinajstić information content (AvgIpc) is 2.81. The Morgan fingerprint density at radius 3 is 2.52 bits per heavy atom. The predicted molar refractivity (Wildman–Crippen MR) is 109 cm³/mol. The predicted octanol–water partition coefficient (Wildman–Crippen LogP) is 5.22. The summed E-state index contributed by atoms with van der Waals surface area (Å²) >= 11 is 6.09. The van der Waals surface area contributed by atoms with Crippen LogP contribution in [0.15, 0.2) is 54.9 Å². The lowest BCUT2D eigenvalue weighted by Crippen LogP contribution is -2.10. The summed E-state index contributed by atoms with van der Waals surface area (Å²) in [5.74, 6) is 0.459. The van der Waals surface area contributed by atoms with Crippen molar-refractivity contribution in [1.29, 1.82) is 0 Å². The fraction of sp³-hybridized carbons (Fsp3) is 0.0476. The minimum absolute atomic E-state index is 0.199. The number of rotatable bonds is 3. The molecule has 0 unspecified atom stereocenters. The summed E-state index contributed by atoms with van der Waals surface area (Å²) in [6.07, 6.45) is 7.42. The van der Waals surface area contributed by atoms with Gasteiger partial charge in [-0.3, -0.25) is 9.78 Å². The first-order chi connectivity index (χ1) is 13.1. The number of pyridine rings is 1. The van der Waals surface area contributed by atoms with Crippen molar-refractivity contribution in [2.24, 2.45) is 0 Å². The fourth-order valence-corrected chi connectivity index (χ4v) is 3.10. The third-order valence-corrected chi connectivity index (χ3v) is 4.51. The fourth-order valence-electron chi connectivity index (χ4n) is 2.92. The van der Waals surface area contributed by atoms with Crippen LogP contribution in [0.1, 0.15) is 21.5 Å². The van der Waals surface area contributed by atoms with Crippen LogP contribution in [-0.4, -0.2) is 18.0 Å². The maximum atomic E-state index is 12.5. The summed E-state index contributed by atoms with van der Waals surface area (Å²) in [6, 6.07) is 12.7. The van der Waals surface area contributed by atoms with Gasteiger partial charge >= 0.3 is 0 Å². The number of aromatic nitrogens is 1. The summed E-state index contributed by atoms with van der Waals surface area (Å²) in [4.78, 5) is 16.5. The van der Waals surface area contributed by atoms with Crippen LogP contribution in [0.5, 0.6) is 5.75 Å². The first-order valence-electron chi connectivity index (χ1n) is 8.32. The maximum Gasteiger partial charge on any atom is 0.257 e. The summed E-state index contributed by atoms with van der Waals surface area (Å²) in [7, 11) is 1.60. The molecule has 1 aliphatic rings. The van der Waals surface area contributed by atoms with E-state index >= 15 is 0 Å². The Bertz CT molecular complexity index is 1050. The highest BCUT2D eigenvalue weighted by Gasteiger charge is 2.20. The number of carbonyl (C=O) groups is 1. The number of fused-ring (bicyclic) bond motifs is 2. The van der Waals surface area contributed by atoms with Gasteiger partial charge in [0.2, 0.25) is 0 Å². The molecule has 3 aromatic rings. The number of benzene rings is 2. The Balaban J connectivity index is 1.77. The lowest BCUT2D eigenvalue weighted by molar-refractivity contribution is 0.102. The van der Waals surface area contributed by atoms with E-state index in [2.05, 4.69) is 15.6 Å². The molecule has 0 radical (unpaired) electrons. The highest BCUT2D eigenvalue weighted by Crippen LogP contribution is 2.38. The normalized spacial score (nSPS) is 12.6. The molecule has 6 heteroatoms. The van der Waals surface area contributed by atoms with E-state index in [1.807, 2.05) is 30.4 Å². The summed E-state index contributed by atoms with van der Waals surface area (Å²) in [5, 5.41) is 6.77. The third kappa shape index (κ3) is 3.50. The molecule has 2 heterocycles. The van der Waals surface area contributed by atoms with Crippen molar-refractivity contribution < 1.29 is 9.53 Å². The molecule has 0 atom stereocenters. The van der Waals surface area contributed by atoms with Gasteiger partial charge in [0, 0.05) is 29.0 Å². The smallest absolute Gasteiger partial charge is 0.257 e. The largest absolute Gasteiger partial charge is 0.496 e. The van der Waals surface area contributed by atoms with Crippen molar-refractivity contribution in [3.63, 3.8) is 0 Å². The van der Waals surface area contributed by atoms with Gasteiger partial charge in [0.15, 0.2) is 0 Å². The van der Waals surface area contributed by atoms with E-state index in [-0.39, 0.29) is 5.91 Å². The number of nitrogens with zero attached hydrogens (tertiary/aromatic N) is 1. The minimum atomic E-state index is -0.199. The summed E-state index contributed by atoms with van der Waals surface area (Å²) < 4.78 is 5.51. The number of methoxy groups -OCH3 is 1. The van der Waals surface area contributed by atoms with Crippen molar-refractivity contribution in [3.05, 3.63) is 76.6 Å². The molecule has 0 aliphatic carbocycles. The average molecular weight is 378 g/mol. The van der Waals surface area contributed by atoms with E-state index < -0.39 is 0 Å². The molecule has 4 rings (SSSR count). The molecule has 0 saturated carbocycles. The number of halogens is 1. The molecular formula is C21H16ClN3O2. The van der Waals surface area contributed by atoms with E-state index in [1.165, 1.54) is 0 Å². The zero-order valence-corrected chi connectivity index (χ0v) is 15.2. The number of hydrogen-bond donors (Lipinski definition) is 2. The summed E-state index contributed by atoms with van der Waals surface area (Å²) in [6.45, 7) is 0. The van der Waals surface area contributed by atoms with Gasteiger partial charge < -0.3 is 15.4 Å². The van der Waals surface area contributed by atoms with Crippen LogP contribution in [0.4, 0.5) is 17.1 Å². The van der Waals surface area contributed by atoms with E-state index in [0.717, 1.165) is 16.8 Å². The second-order valence-corrected chi connectivity index (χ2v) is 6.46. The standard InChI is InChI=1S/C21H16ClN3O2/c1-27-20-12-19-18(10-14(20)3-2-13-6-8-23-9-7-13)24-17-11-15(22)4-5-16(17)21(26)25-19/h2-12,24H,1H3,(H,25,26)/b3-2+. The molecule has 0 saturated heterocycles.